The quantitative estimate of drug-likeness (QED) is 0.457. The molecule has 0 aliphatic carbocycles. The first-order valence-electron chi connectivity index (χ1n) is 8.22. The normalized spacial score (nSPS) is 12.7. The van der Waals surface area contributed by atoms with E-state index in [1.165, 1.54) is 6.92 Å². The molecule has 0 saturated carbocycles. The number of ether oxygens (including phenoxy) is 1. The molecule has 2 rings (SSSR count). The number of rotatable bonds is 7. The van der Waals surface area contributed by atoms with Gasteiger partial charge in [-0.2, -0.15) is 0 Å². The van der Waals surface area contributed by atoms with E-state index in [2.05, 4.69) is 5.32 Å². The predicted molar refractivity (Wildman–Crippen MR) is 98.9 cm³/mol. The van der Waals surface area contributed by atoms with Crippen molar-refractivity contribution in [1.82, 2.24) is 5.32 Å². The lowest BCUT2D eigenvalue weighted by Crippen LogP contribution is -2.40. The molecule has 5 nitrogen and oxygen atoms in total. The number of esters is 1. The average molecular weight is 374 g/mol. The monoisotopic (exact) mass is 373 g/mol. The summed E-state index contributed by atoms with van der Waals surface area (Å²) in [6.45, 7) is 3.13. The van der Waals surface area contributed by atoms with Crippen LogP contribution < -0.4 is 5.32 Å². The van der Waals surface area contributed by atoms with Crippen LogP contribution in [0.15, 0.2) is 54.6 Å². The highest BCUT2D eigenvalue weighted by Gasteiger charge is 2.38. The Morgan fingerprint density at radius 1 is 1.04 bits per heavy atom. The van der Waals surface area contributed by atoms with Crippen LogP contribution in [0, 0.1) is 5.92 Å². The molecule has 2 atom stereocenters. The number of hydrogen-bond donors (Lipinski definition) is 1. The number of ketones is 1. The van der Waals surface area contributed by atoms with Gasteiger partial charge in [-0.25, -0.2) is 0 Å². The van der Waals surface area contributed by atoms with Crippen LogP contribution >= 0.6 is 11.6 Å². The highest BCUT2D eigenvalue weighted by Crippen LogP contribution is 2.28. The predicted octanol–water partition coefficient (Wildman–Crippen LogP) is 3.58. The van der Waals surface area contributed by atoms with Crippen LogP contribution in [0.2, 0.25) is 5.02 Å². The first-order chi connectivity index (χ1) is 12.4. The molecule has 26 heavy (non-hydrogen) atoms. The topological polar surface area (TPSA) is 72.5 Å². The van der Waals surface area contributed by atoms with E-state index in [-0.39, 0.29) is 12.5 Å². The SMILES string of the molecule is CCOC(=O)[C@H](C(=O)c1ccccc1)[C@H](NC(C)=O)c1ccc(Cl)cc1. The van der Waals surface area contributed by atoms with Gasteiger partial charge in [0, 0.05) is 17.5 Å². The Morgan fingerprint density at radius 3 is 2.19 bits per heavy atom. The Morgan fingerprint density at radius 2 is 1.65 bits per heavy atom. The van der Waals surface area contributed by atoms with E-state index < -0.39 is 23.7 Å². The molecular formula is C20H20ClNO4. The Bertz CT molecular complexity index is 774. The Balaban J connectivity index is 2.50. The summed E-state index contributed by atoms with van der Waals surface area (Å²) in [6.07, 6.45) is 0. The van der Waals surface area contributed by atoms with Crippen LogP contribution in [0.5, 0.6) is 0 Å². The van der Waals surface area contributed by atoms with E-state index >= 15 is 0 Å². The summed E-state index contributed by atoms with van der Waals surface area (Å²) in [5.74, 6) is -2.67. The van der Waals surface area contributed by atoms with Crippen LogP contribution in [0.4, 0.5) is 0 Å². The van der Waals surface area contributed by atoms with Gasteiger partial charge in [-0.3, -0.25) is 14.4 Å². The molecule has 1 N–H and O–H groups in total. The molecule has 0 bridgehead atoms. The van der Waals surface area contributed by atoms with Crippen LogP contribution in [0.3, 0.4) is 0 Å². The van der Waals surface area contributed by atoms with E-state index in [9.17, 15) is 14.4 Å². The Kier molecular flexibility index (Phi) is 6.92. The molecule has 0 spiro atoms. The maximum atomic E-state index is 13.0. The summed E-state index contributed by atoms with van der Waals surface area (Å²) in [6, 6.07) is 14.2. The molecule has 1 amide bonds. The fourth-order valence-electron chi connectivity index (χ4n) is 2.66. The van der Waals surface area contributed by atoms with Crippen LogP contribution in [0.25, 0.3) is 0 Å². The maximum Gasteiger partial charge on any atom is 0.319 e. The minimum atomic E-state index is -1.21. The molecule has 0 radical (unpaired) electrons. The zero-order valence-corrected chi connectivity index (χ0v) is 15.3. The van der Waals surface area contributed by atoms with Gasteiger partial charge in [0.2, 0.25) is 5.91 Å². The third-order valence-electron chi connectivity index (χ3n) is 3.80. The standard InChI is InChI=1S/C20H20ClNO4/c1-3-26-20(25)17(19(24)15-7-5-4-6-8-15)18(22-13(2)23)14-9-11-16(21)12-10-14/h4-12,17-18H,3H2,1-2H3,(H,22,23)/t17-,18+/m0/s1. The van der Waals surface area contributed by atoms with Crippen molar-refractivity contribution in [3.05, 3.63) is 70.7 Å². The third kappa shape index (κ3) is 4.92. The lowest BCUT2D eigenvalue weighted by molar-refractivity contribution is -0.147. The molecule has 6 heteroatoms. The average Bonchev–Trinajstić information content (AvgIpc) is 2.62. The van der Waals surface area contributed by atoms with Gasteiger partial charge in [-0.15, -0.1) is 0 Å². The number of amides is 1. The first-order valence-corrected chi connectivity index (χ1v) is 8.60. The molecule has 0 heterocycles. The van der Waals surface area contributed by atoms with Crippen molar-refractivity contribution < 1.29 is 19.1 Å². The second-order valence-corrected chi connectivity index (χ2v) is 6.13. The second kappa shape index (κ2) is 9.15. The number of nitrogens with one attached hydrogen (secondary N) is 1. The fourth-order valence-corrected chi connectivity index (χ4v) is 2.78. The van der Waals surface area contributed by atoms with Gasteiger partial charge in [0.15, 0.2) is 5.78 Å². The molecule has 0 saturated heterocycles. The highest BCUT2D eigenvalue weighted by atomic mass is 35.5. The molecular weight excluding hydrogens is 354 g/mol. The van der Waals surface area contributed by atoms with E-state index in [0.717, 1.165) is 0 Å². The van der Waals surface area contributed by atoms with E-state index in [0.29, 0.717) is 16.1 Å². The van der Waals surface area contributed by atoms with E-state index in [1.54, 1.807) is 61.5 Å². The van der Waals surface area contributed by atoms with Crippen molar-refractivity contribution in [2.24, 2.45) is 5.92 Å². The first kappa shape index (κ1) is 19.7. The third-order valence-corrected chi connectivity index (χ3v) is 4.05. The largest absolute Gasteiger partial charge is 0.465 e. The summed E-state index contributed by atoms with van der Waals surface area (Å²) in [5.41, 5.74) is 0.960. The van der Waals surface area contributed by atoms with Crippen molar-refractivity contribution in [1.29, 1.82) is 0 Å². The number of benzene rings is 2. The van der Waals surface area contributed by atoms with Crippen molar-refractivity contribution in [2.75, 3.05) is 6.61 Å². The van der Waals surface area contributed by atoms with E-state index in [4.69, 9.17) is 16.3 Å². The highest BCUT2D eigenvalue weighted by molar-refractivity contribution is 6.30. The molecule has 0 fully saturated rings. The van der Waals surface area contributed by atoms with Gasteiger partial charge >= 0.3 is 5.97 Å². The molecule has 2 aromatic carbocycles. The number of halogens is 1. The van der Waals surface area contributed by atoms with Crippen LogP contribution in [-0.4, -0.2) is 24.3 Å². The lowest BCUT2D eigenvalue weighted by atomic mass is 9.86. The van der Waals surface area contributed by atoms with Gasteiger partial charge in [0.25, 0.3) is 0 Å². The number of hydrogen-bond acceptors (Lipinski definition) is 4. The number of carbonyl (C=O) groups excluding carboxylic acids is 3. The molecule has 2 aromatic rings. The molecule has 136 valence electrons. The molecule has 0 aromatic heterocycles. The smallest absolute Gasteiger partial charge is 0.319 e. The molecule has 0 aliphatic rings. The van der Waals surface area contributed by atoms with Crippen molar-refractivity contribution in [2.45, 2.75) is 19.9 Å². The Hall–Kier alpha value is -2.66. The van der Waals surface area contributed by atoms with Gasteiger partial charge in [0.05, 0.1) is 12.6 Å². The molecule has 0 aliphatic heterocycles. The van der Waals surface area contributed by atoms with Crippen LogP contribution in [0.1, 0.15) is 35.8 Å². The van der Waals surface area contributed by atoms with Crippen molar-refractivity contribution in [3.8, 4) is 0 Å². The summed E-state index contributed by atoms with van der Waals surface area (Å²) in [7, 11) is 0. The maximum absolute atomic E-state index is 13.0. The van der Waals surface area contributed by atoms with Gasteiger partial charge < -0.3 is 10.1 Å². The summed E-state index contributed by atoms with van der Waals surface area (Å²) in [4.78, 5) is 37.4. The minimum Gasteiger partial charge on any atom is -0.465 e. The minimum absolute atomic E-state index is 0.130. The van der Waals surface area contributed by atoms with Gasteiger partial charge in [-0.05, 0) is 24.6 Å². The Labute approximate surface area is 157 Å². The number of carbonyl (C=O) groups is 3. The molecule has 0 unspecified atom stereocenters. The van der Waals surface area contributed by atoms with E-state index in [1.807, 2.05) is 0 Å². The zero-order valence-electron chi connectivity index (χ0n) is 14.6. The summed E-state index contributed by atoms with van der Waals surface area (Å²) in [5, 5.41) is 3.21. The van der Waals surface area contributed by atoms with Gasteiger partial charge in [0.1, 0.15) is 5.92 Å². The van der Waals surface area contributed by atoms with Crippen molar-refractivity contribution in [3.63, 3.8) is 0 Å². The second-order valence-electron chi connectivity index (χ2n) is 5.69. The fraction of sp³-hybridized carbons (Fsp3) is 0.250. The summed E-state index contributed by atoms with van der Waals surface area (Å²) >= 11 is 5.93. The number of Topliss-reactive ketones (excluding diaryl/α,β-unsaturated/α-hetero) is 1. The summed E-state index contributed by atoms with van der Waals surface area (Å²) < 4.78 is 5.12. The van der Waals surface area contributed by atoms with Crippen LogP contribution in [-0.2, 0) is 14.3 Å². The zero-order chi connectivity index (χ0) is 19.1. The van der Waals surface area contributed by atoms with Crippen molar-refractivity contribution >= 4 is 29.3 Å². The lowest BCUT2D eigenvalue weighted by Gasteiger charge is -2.26. The van der Waals surface area contributed by atoms with Gasteiger partial charge in [-0.1, -0.05) is 54.1 Å².